The molecule has 0 bridgehead atoms. The standard InChI is InChI=1S/C22H21BrFNO2/c23-12-9-17-1-3-18(4-2-17)10-13-25-14-11-21(15-22(25)26)27-16-19-5-7-20(24)8-6-19/h1-8,11,14-15H,9-10,12-13,16H2. The predicted molar refractivity (Wildman–Crippen MR) is 109 cm³/mol. The van der Waals surface area contributed by atoms with Gasteiger partial charge in [0.15, 0.2) is 0 Å². The second-order valence-electron chi connectivity index (χ2n) is 6.31. The molecule has 3 rings (SSSR count). The molecule has 0 aliphatic rings. The molecule has 1 heterocycles. The Balaban J connectivity index is 1.56. The summed E-state index contributed by atoms with van der Waals surface area (Å²) in [6.07, 6.45) is 3.56. The van der Waals surface area contributed by atoms with Crippen molar-refractivity contribution in [2.75, 3.05) is 5.33 Å². The normalized spacial score (nSPS) is 10.7. The fourth-order valence-corrected chi connectivity index (χ4v) is 3.20. The van der Waals surface area contributed by atoms with Gasteiger partial charge in [0.25, 0.3) is 5.56 Å². The highest BCUT2D eigenvalue weighted by Gasteiger charge is 2.02. The number of aromatic nitrogens is 1. The Hall–Kier alpha value is -2.40. The average Bonchev–Trinajstić information content (AvgIpc) is 2.68. The van der Waals surface area contributed by atoms with Crippen LogP contribution in [0.5, 0.6) is 5.75 Å². The number of rotatable bonds is 8. The van der Waals surface area contributed by atoms with Gasteiger partial charge in [0, 0.05) is 24.1 Å². The lowest BCUT2D eigenvalue weighted by Crippen LogP contribution is -2.19. The van der Waals surface area contributed by atoms with Crippen molar-refractivity contribution in [2.24, 2.45) is 0 Å². The summed E-state index contributed by atoms with van der Waals surface area (Å²) in [4.78, 5) is 12.3. The van der Waals surface area contributed by atoms with Gasteiger partial charge in [-0.1, -0.05) is 52.3 Å². The predicted octanol–water partition coefficient (Wildman–Crippen LogP) is 4.75. The highest BCUT2D eigenvalue weighted by molar-refractivity contribution is 9.09. The zero-order valence-electron chi connectivity index (χ0n) is 14.9. The first-order chi connectivity index (χ1) is 13.1. The van der Waals surface area contributed by atoms with Gasteiger partial charge in [-0.3, -0.25) is 4.79 Å². The van der Waals surface area contributed by atoms with Crippen LogP contribution in [0.1, 0.15) is 16.7 Å². The Labute approximate surface area is 166 Å². The van der Waals surface area contributed by atoms with Gasteiger partial charge in [-0.05, 0) is 47.7 Å². The number of alkyl halides is 1. The summed E-state index contributed by atoms with van der Waals surface area (Å²) in [6, 6.07) is 17.9. The van der Waals surface area contributed by atoms with E-state index in [-0.39, 0.29) is 11.4 Å². The van der Waals surface area contributed by atoms with E-state index in [1.165, 1.54) is 29.3 Å². The Morgan fingerprint density at radius 3 is 2.15 bits per heavy atom. The van der Waals surface area contributed by atoms with Gasteiger partial charge in [0.05, 0.1) is 0 Å². The highest BCUT2D eigenvalue weighted by atomic mass is 79.9. The summed E-state index contributed by atoms with van der Waals surface area (Å²) in [7, 11) is 0. The Bertz CT molecular complexity index is 920. The smallest absolute Gasteiger partial charge is 0.254 e. The van der Waals surface area contributed by atoms with Crippen LogP contribution in [0.3, 0.4) is 0 Å². The molecule has 3 aromatic rings. The summed E-state index contributed by atoms with van der Waals surface area (Å²) >= 11 is 3.44. The molecule has 0 radical (unpaired) electrons. The van der Waals surface area contributed by atoms with Crippen molar-refractivity contribution < 1.29 is 9.13 Å². The molecule has 2 aromatic carbocycles. The minimum atomic E-state index is -0.279. The van der Waals surface area contributed by atoms with Crippen LogP contribution in [-0.4, -0.2) is 9.90 Å². The third-order valence-corrected chi connectivity index (χ3v) is 4.73. The number of ether oxygens (including phenoxy) is 1. The first kappa shape index (κ1) is 19.4. The lowest BCUT2D eigenvalue weighted by Gasteiger charge is -2.09. The molecule has 3 nitrogen and oxygen atoms in total. The van der Waals surface area contributed by atoms with Gasteiger partial charge >= 0.3 is 0 Å². The second-order valence-corrected chi connectivity index (χ2v) is 7.11. The molecule has 0 spiro atoms. The number of hydrogen-bond donors (Lipinski definition) is 0. The molecule has 0 fully saturated rings. The molecule has 5 heteroatoms. The van der Waals surface area contributed by atoms with Crippen LogP contribution in [0, 0.1) is 5.82 Å². The lowest BCUT2D eigenvalue weighted by molar-refractivity contribution is 0.304. The number of pyridine rings is 1. The van der Waals surface area contributed by atoms with Crippen LogP contribution in [0.25, 0.3) is 0 Å². The Kier molecular flexibility index (Phi) is 6.82. The molecule has 0 saturated carbocycles. The van der Waals surface area contributed by atoms with Gasteiger partial charge in [0.2, 0.25) is 0 Å². The fraction of sp³-hybridized carbons (Fsp3) is 0.227. The number of aryl methyl sites for hydroxylation is 3. The maximum Gasteiger partial charge on any atom is 0.254 e. The average molecular weight is 430 g/mol. The number of halogens is 2. The molecule has 0 atom stereocenters. The van der Waals surface area contributed by atoms with Crippen molar-refractivity contribution in [2.45, 2.75) is 26.0 Å². The summed E-state index contributed by atoms with van der Waals surface area (Å²) in [5, 5.41) is 0.956. The summed E-state index contributed by atoms with van der Waals surface area (Å²) in [5.74, 6) is 0.235. The maximum absolute atomic E-state index is 12.9. The molecule has 0 unspecified atom stereocenters. The van der Waals surface area contributed by atoms with E-state index in [4.69, 9.17) is 4.74 Å². The maximum atomic E-state index is 12.9. The second kappa shape index (κ2) is 9.51. The Morgan fingerprint density at radius 2 is 1.52 bits per heavy atom. The van der Waals surface area contributed by atoms with E-state index in [1.807, 2.05) is 0 Å². The lowest BCUT2D eigenvalue weighted by atomic mass is 10.1. The molecular weight excluding hydrogens is 409 g/mol. The first-order valence-electron chi connectivity index (χ1n) is 8.85. The zero-order valence-corrected chi connectivity index (χ0v) is 16.5. The topological polar surface area (TPSA) is 31.2 Å². The van der Waals surface area contributed by atoms with Crippen molar-refractivity contribution >= 4 is 15.9 Å². The van der Waals surface area contributed by atoms with E-state index in [2.05, 4.69) is 40.2 Å². The monoisotopic (exact) mass is 429 g/mol. The highest BCUT2D eigenvalue weighted by Crippen LogP contribution is 2.11. The number of hydrogen-bond acceptors (Lipinski definition) is 2. The van der Waals surface area contributed by atoms with Gasteiger partial charge in [-0.25, -0.2) is 4.39 Å². The molecule has 0 saturated heterocycles. The molecule has 140 valence electrons. The van der Waals surface area contributed by atoms with Gasteiger partial charge in [-0.15, -0.1) is 0 Å². The minimum Gasteiger partial charge on any atom is -0.489 e. The molecule has 0 amide bonds. The van der Waals surface area contributed by atoms with E-state index in [1.54, 1.807) is 29.0 Å². The van der Waals surface area contributed by atoms with Crippen molar-refractivity contribution in [1.29, 1.82) is 0 Å². The van der Waals surface area contributed by atoms with Crippen molar-refractivity contribution in [3.05, 3.63) is 99.7 Å². The number of benzene rings is 2. The third kappa shape index (κ3) is 5.79. The summed E-state index contributed by atoms with van der Waals surface area (Å²) in [5.41, 5.74) is 3.26. The van der Waals surface area contributed by atoms with Gasteiger partial charge < -0.3 is 9.30 Å². The summed E-state index contributed by atoms with van der Waals surface area (Å²) < 4.78 is 20.2. The van der Waals surface area contributed by atoms with E-state index in [0.717, 1.165) is 23.7 Å². The van der Waals surface area contributed by atoms with Crippen LogP contribution < -0.4 is 10.3 Å². The van der Waals surface area contributed by atoms with Crippen LogP contribution in [0.4, 0.5) is 4.39 Å². The van der Waals surface area contributed by atoms with Crippen molar-refractivity contribution in [3.8, 4) is 5.75 Å². The van der Waals surface area contributed by atoms with Gasteiger partial charge in [-0.2, -0.15) is 0 Å². The molecular formula is C22H21BrFNO2. The van der Waals surface area contributed by atoms with E-state index < -0.39 is 0 Å². The van der Waals surface area contributed by atoms with Crippen molar-refractivity contribution in [1.82, 2.24) is 4.57 Å². The van der Waals surface area contributed by atoms with E-state index in [0.29, 0.717) is 18.9 Å². The van der Waals surface area contributed by atoms with Crippen LogP contribution in [0.15, 0.2) is 71.7 Å². The van der Waals surface area contributed by atoms with Crippen LogP contribution in [-0.2, 0) is 26.0 Å². The minimum absolute atomic E-state index is 0.0949. The quantitative estimate of drug-likeness (QED) is 0.484. The van der Waals surface area contributed by atoms with E-state index >= 15 is 0 Å². The third-order valence-electron chi connectivity index (χ3n) is 4.33. The van der Waals surface area contributed by atoms with E-state index in [9.17, 15) is 9.18 Å². The SMILES string of the molecule is O=c1cc(OCc2ccc(F)cc2)ccn1CCc1ccc(CCBr)cc1. The zero-order chi connectivity index (χ0) is 19.1. The molecule has 1 aromatic heterocycles. The molecule has 0 aliphatic carbocycles. The van der Waals surface area contributed by atoms with Crippen LogP contribution in [0.2, 0.25) is 0 Å². The first-order valence-corrected chi connectivity index (χ1v) is 9.98. The van der Waals surface area contributed by atoms with Crippen molar-refractivity contribution in [3.63, 3.8) is 0 Å². The van der Waals surface area contributed by atoms with Crippen LogP contribution >= 0.6 is 15.9 Å². The largest absolute Gasteiger partial charge is 0.489 e. The van der Waals surface area contributed by atoms with Gasteiger partial charge in [0.1, 0.15) is 18.2 Å². The Morgan fingerprint density at radius 1 is 0.889 bits per heavy atom. The summed E-state index contributed by atoms with van der Waals surface area (Å²) in [6.45, 7) is 0.916. The molecule has 0 N–H and O–H groups in total. The molecule has 0 aliphatic heterocycles. The number of nitrogens with zero attached hydrogens (tertiary/aromatic N) is 1. The fourth-order valence-electron chi connectivity index (χ4n) is 2.74. The molecule has 27 heavy (non-hydrogen) atoms.